The highest BCUT2D eigenvalue weighted by molar-refractivity contribution is 5.70. The molecule has 28 heavy (non-hydrogen) atoms. The Morgan fingerprint density at radius 1 is 0.929 bits per heavy atom. The molecule has 0 aliphatic carbocycles. The first-order chi connectivity index (χ1) is 13.2. The minimum atomic E-state index is -1.18. The Bertz CT molecular complexity index is 477. The summed E-state index contributed by atoms with van der Waals surface area (Å²) in [5, 5.41) is 10.8. The molecule has 162 valence electrons. The number of carbonyl (C=O) groups excluding carboxylic acids is 2. The molecule has 0 saturated carbocycles. The molecule has 0 aromatic carbocycles. The van der Waals surface area contributed by atoms with Crippen LogP contribution in [0.1, 0.15) is 77.6 Å². The molecular formula is C23H41NO4. The number of aliphatic carboxylic acids is 1. The first kappa shape index (κ1) is 26.4. The summed E-state index contributed by atoms with van der Waals surface area (Å²) in [6.07, 6.45) is 18.1. The number of allylic oxidation sites excluding steroid dienone is 4. The lowest BCUT2D eigenvalue weighted by Gasteiger charge is -2.29. The van der Waals surface area contributed by atoms with Crippen molar-refractivity contribution >= 4 is 11.9 Å². The lowest BCUT2D eigenvalue weighted by Crippen LogP contribution is -2.45. The van der Waals surface area contributed by atoms with Crippen LogP contribution in [-0.2, 0) is 14.3 Å². The van der Waals surface area contributed by atoms with Crippen LogP contribution in [0.2, 0.25) is 0 Å². The Morgan fingerprint density at radius 3 is 2.14 bits per heavy atom. The summed E-state index contributed by atoms with van der Waals surface area (Å²) in [6.45, 7) is 2.64. The van der Waals surface area contributed by atoms with Gasteiger partial charge in [-0.15, -0.1) is 0 Å². The molecule has 0 radical (unpaired) electrons. The third-order valence-corrected chi connectivity index (χ3v) is 4.26. The number of quaternary nitrogens is 1. The van der Waals surface area contributed by atoms with E-state index in [0.717, 1.165) is 38.5 Å². The summed E-state index contributed by atoms with van der Waals surface area (Å²) in [5.74, 6) is -1.49. The second-order valence-corrected chi connectivity index (χ2v) is 8.43. The largest absolute Gasteiger partial charge is 0.550 e. The van der Waals surface area contributed by atoms with Gasteiger partial charge in [0.1, 0.15) is 6.54 Å². The fraction of sp³-hybridized carbons (Fsp3) is 0.739. The fourth-order valence-electron chi connectivity index (χ4n) is 2.92. The molecule has 0 heterocycles. The lowest BCUT2D eigenvalue weighted by molar-refractivity contribution is -0.873. The molecule has 0 bridgehead atoms. The van der Waals surface area contributed by atoms with Gasteiger partial charge in [0.25, 0.3) is 0 Å². The van der Waals surface area contributed by atoms with Crippen molar-refractivity contribution in [3.63, 3.8) is 0 Å². The van der Waals surface area contributed by atoms with E-state index in [-0.39, 0.29) is 12.4 Å². The molecular weight excluding hydrogens is 354 g/mol. The molecule has 5 heteroatoms. The smallest absolute Gasteiger partial charge is 0.306 e. The van der Waals surface area contributed by atoms with Gasteiger partial charge in [0, 0.05) is 18.8 Å². The van der Waals surface area contributed by atoms with E-state index in [1.807, 2.05) is 21.1 Å². The number of carbonyl (C=O) groups is 2. The van der Waals surface area contributed by atoms with Gasteiger partial charge >= 0.3 is 5.97 Å². The number of rotatable bonds is 17. The number of carboxylic acid groups (broad SMARTS) is 1. The normalized spacial score (nSPS) is 13.3. The van der Waals surface area contributed by atoms with Crippen molar-refractivity contribution in [2.45, 2.75) is 83.7 Å². The zero-order chi connectivity index (χ0) is 21.3. The minimum Gasteiger partial charge on any atom is -0.550 e. The molecule has 5 nitrogen and oxygen atoms in total. The highest BCUT2D eigenvalue weighted by atomic mass is 16.5. The molecule has 0 N–H and O–H groups in total. The van der Waals surface area contributed by atoms with Crippen LogP contribution < -0.4 is 5.11 Å². The van der Waals surface area contributed by atoms with Gasteiger partial charge in [0.05, 0.1) is 21.1 Å². The fourth-order valence-corrected chi connectivity index (χ4v) is 2.92. The zero-order valence-electron chi connectivity index (χ0n) is 18.5. The van der Waals surface area contributed by atoms with Crippen molar-refractivity contribution < 1.29 is 23.9 Å². The molecule has 0 aromatic rings. The van der Waals surface area contributed by atoms with Crippen molar-refractivity contribution in [3.8, 4) is 0 Å². The van der Waals surface area contributed by atoms with Crippen molar-refractivity contribution in [1.82, 2.24) is 0 Å². The third kappa shape index (κ3) is 19.2. The lowest BCUT2D eigenvalue weighted by atomic mass is 10.1. The number of nitrogens with zero attached hydrogens (tertiary/aromatic N) is 1. The number of hydrogen-bond acceptors (Lipinski definition) is 4. The Labute approximate surface area is 172 Å². The summed E-state index contributed by atoms with van der Waals surface area (Å²) in [4.78, 5) is 22.8. The molecule has 0 rings (SSSR count). The van der Waals surface area contributed by atoms with E-state index >= 15 is 0 Å². The van der Waals surface area contributed by atoms with Gasteiger partial charge in [-0.2, -0.15) is 0 Å². The molecule has 0 amide bonds. The van der Waals surface area contributed by atoms with E-state index in [0.29, 0.717) is 17.4 Å². The topological polar surface area (TPSA) is 66.4 Å². The first-order valence-corrected chi connectivity index (χ1v) is 10.7. The van der Waals surface area contributed by atoms with Crippen LogP contribution in [0.4, 0.5) is 0 Å². The maximum absolute atomic E-state index is 12.0. The van der Waals surface area contributed by atoms with E-state index < -0.39 is 12.1 Å². The molecule has 0 fully saturated rings. The van der Waals surface area contributed by atoms with Gasteiger partial charge in [-0.05, 0) is 32.1 Å². The van der Waals surface area contributed by atoms with Crippen LogP contribution in [0.3, 0.4) is 0 Å². The maximum Gasteiger partial charge on any atom is 0.306 e. The number of ether oxygens (including phenoxy) is 1. The average Bonchev–Trinajstić information content (AvgIpc) is 2.56. The minimum absolute atomic E-state index is 0.247. The van der Waals surface area contributed by atoms with E-state index in [1.54, 1.807) is 0 Å². The molecule has 0 spiro atoms. The van der Waals surface area contributed by atoms with Gasteiger partial charge in [-0.1, -0.05) is 56.9 Å². The van der Waals surface area contributed by atoms with Crippen LogP contribution in [-0.4, -0.2) is 50.2 Å². The molecule has 0 aliphatic rings. The number of hydrogen-bond donors (Lipinski definition) is 0. The molecule has 0 saturated heterocycles. The Hall–Kier alpha value is -1.62. The SMILES string of the molecule is CCC/C=C\C/C=C\CCCCCCCC(=O)O[C@H](CC(=O)[O-])C[N+](C)(C)C. The van der Waals surface area contributed by atoms with Crippen molar-refractivity contribution in [1.29, 1.82) is 0 Å². The second kappa shape index (κ2) is 16.3. The molecule has 0 aromatic heterocycles. The van der Waals surface area contributed by atoms with Crippen LogP contribution in [0.25, 0.3) is 0 Å². The van der Waals surface area contributed by atoms with Crippen molar-refractivity contribution in [3.05, 3.63) is 24.3 Å². The highest BCUT2D eigenvalue weighted by Gasteiger charge is 2.22. The summed E-state index contributed by atoms with van der Waals surface area (Å²) in [7, 11) is 5.82. The monoisotopic (exact) mass is 395 g/mol. The van der Waals surface area contributed by atoms with Crippen LogP contribution in [0.15, 0.2) is 24.3 Å². The van der Waals surface area contributed by atoms with Gasteiger partial charge in [-0.3, -0.25) is 4.79 Å². The van der Waals surface area contributed by atoms with E-state index in [1.165, 1.54) is 19.3 Å². The van der Waals surface area contributed by atoms with Crippen molar-refractivity contribution in [2.75, 3.05) is 27.7 Å². The molecule has 0 aliphatic heterocycles. The number of esters is 1. The standard InChI is InChI=1S/C23H41NO4/c1-5-6-7-8-9-10-11-12-13-14-15-16-17-18-23(27)28-21(19-22(25)26)20-24(2,3)4/h7-8,10-11,21H,5-6,9,12-20H2,1-4H3/b8-7-,11-10-/t21-/m1/s1. The number of carboxylic acids is 1. The van der Waals surface area contributed by atoms with Crippen LogP contribution in [0.5, 0.6) is 0 Å². The maximum atomic E-state index is 12.0. The van der Waals surface area contributed by atoms with Gasteiger partial charge in [0.2, 0.25) is 0 Å². The van der Waals surface area contributed by atoms with Crippen LogP contribution >= 0.6 is 0 Å². The first-order valence-electron chi connectivity index (χ1n) is 10.7. The summed E-state index contributed by atoms with van der Waals surface area (Å²) >= 11 is 0. The summed E-state index contributed by atoms with van der Waals surface area (Å²) in [6, 6.07) is 0. The van der Waals surface area contributed by atoms with E-state index in [2.05, 4.69) is 31.2 Å². The predicted molar refractivity (Wildman–Crippen MR) is 113 cm³/mol. The number of unbranched alkanes of at least 4 members (excludes halogenated alkanes) is 6. The zero-order valence-corrected chi connectivity index (χ0v) is 18.5. The third-order valence-electron chi connectivity index (χ3n) is 4.26. The molecule has 1 atom stereocenters. The predicted octanol–water partition coefficient (Wildman–Crippen LogP) is 3.78. The highest BCUT2D eigenvalue weighted by Crippen LogP contribution is 2.11. The number of likely N-dealkylation sites (N-methyl/N-ethyl adjacent to an activating group) is 1. The second-order valence-electron chi connectivity index (χ2n) is 8.43. The van der Waals surface area contributed by atoms with Crippen molar-refractivity contribution in [2.24, 2.45) is 0 Å². The Morgan fingerprint density at radius 2 is 1.54 bits per heavy atom. The summed E-state index contributed by atoms with van der Waals surface area (Å²) < 4.78 is 5.89. The Balaban J connectivity index is 3.77. The van der Waals surface area contributed by atoms with E-state index in [9.17, 15) is 14.7 Å². The average molecular weight is 396 g/mol. The van der Waals surface area contributed by atoms with Gasteiger partial charge < -0.3 is 19.1 Å². The van der Waals surface area contributed by atoms with Crippen LogP contribution in [0, 0.1) is 0 Å². The molecule has 0 unspecified atom stereocenters. The summed E-state index contributed by atoms with van der Waals surface area (Å²) in [5.41, 5.74) is 0. The van der Waals surface area contributed by atoms with Gasteiger partial charge in [0.15, 0.2) is 6.10 Å². The Kier molecular flexibility index (Phi) is 15.4. The van der Waals surface area contributed by atoms with Gasteiger partial charge in [-0.25, -0.2) is 0 Å². The van der Waals surface area contributed by atoms with E-state index in [4.69, 9.17) is 4.74 Å². The quantitative estimate of drug-likeness (QED) is 0.163.